The van der Waals surface area contributed by atoms with E-state index >= 15 is 0 Å². The van der Waals surface area contributed by atoms with Crippen molar-refractivity contribution in [1.29, 1.82) is 0 Å². The smallest absolute Gasteiger partial charge is 0.224 e. The lowest BCUT2D eigenvalue weighted by molar-refractivity contribution is -0.124. The molecule has 7 heteroatoms. The van der Waals surface area contributed by atoms with Gasteiger partial charge in [0, 0.05) is 31.7 Å². The fraction of sp³-hybridized carbons (Fsp3) is 0.462. The van der Waals surface area contributed by atoms with Gasteiger partial charge < -0.3 is 5.32 Å². The van der Waals surface area contributed by atoms with Crippen LogP contribution in [0.2, 0.25) is 5.02 Å². The van der Waals surface area contributed by atoms with Crippen molar-refractivity contribution in [1.82, 2.24) is 24.9 Å². The number of amides is 1. The predicted octanol–water partition coefficient (Wildman–Crippen LogP) is 1.58. The Labute approximate surface area is 122 Å². The van der Waals surface area contributed by atoms with Gasteiger partial charge in [0.05, 0.1) is 23.7 Å². The van der Waals surface area contributed by atoms with E-state index in [2.05, 4.69) is 15.5 Å². The van der Waals surface area contributed by atoms with Crippen LogP contribution in [0.5, 0.6) is 0 Å². The molecule has 1 amide bonds. The number of nitrogens with zero attached hydrogens (tertiary/aromatic N) is 4. The van der Waals surface area contributed by atoms with Crippen LogP contribution in [0.3, 0.4) is 0 Å². The molecule has 2 aromatic rings. The van der Waals surface area contributed by atoms with Crippen LogP contribution < -0.4 is 5.32 Å². The van der Waals surface area contributed by atoms with E-state index in [0.29, 0.717) is 18.1 Å². The fourth-order valence-corrected chi connectivity index (χ4v) is 2.02. The summed E-state index contributed by atoms with van der Waals surface area (Å²) >= 11 is 5.78. The Morgan fingerprint density at radius 1 is 1.45 bits per heavy atom. The fourth-order valence-electron chi connectivity index (χ4n) is 1.86. The third-order valence-electron chi connectivity index (χ3n) is 2.93. The van der Waals surface area contributed by atoms with Crippen molar-refractivity contribution in [3.05, 3.63) is 35.9 Å². The average Bonchev–Trinajstić information content (AvgIpc) is 3.06. The van der Waals surface area contributed by atoms with Gasteiger partial charge in [-0.15, -0.1) is 0 Å². The van der Waals surface area contributed by atoms with Crippen molar-refractivity contribution in [2.75, 3.05) is 6.54 Å². The Morgan fingerprint density at radius 3 is 2.95 bits per heavy atom. The second-order valence-electron chi connectivity index (χ2n) is 4.70. The molecule has 2 aromatic heterocycles. The Balaban J connectivity index is 1.66. The lowest BCUT2D eigenvalue weighted by atomic mass is 10.1. The first-order chi connectivity index (χ1) is 9.65. The van der Waals surface area contributed by atoms with Crippen molar-refractivity contribution < 1.29 is 4.79 Å². The molecule has 0 fully saturated rings. The molecule has 0 spiro atoms. The monoisotopic (exact) mass is 295 g/mol. The number of carbonyl (C=O) groups excluding carboxylic acids is 1. The molecule has 0 saturated heterocycles. The first kappa shape index (κ1) is 14.6. The molecule has 0 aliphatic rings. The zero-order chi connectivity index (χ0) is 14.4. The minimum absolute atomic E-state index is 0.0251. The van der Waals surface area contributed by atoms with E-state index in [1.165, 1.54) is 0 Å². The molecular weight excluding hydrogens is 278 g/mol. The van der Waals surface area contributed by atoms with E-state index in [1.807, 2.05) is 23.9 Å². The highest BCUT2D eigenvalue weighted by atomic mass is 35.5. The topological polar surface area (TPSA) is 64.7 Å². The molecule has 2 heterocycles. The number of hydrogen-bond acceptors (Lipinski definition) is 3. The van der Waals surface area contributed by atoms with E-state index in [-0.39, 0.29) is 11.8 Å². The van der Waals surface area contributed by atoms with E-state index in [4.69, 9.17) is 11.6 Å². The van der Waals surface area contributed by atoms with Crippen LogP contribution in [-0.4, -0.2) is 32.0 Å². The van der Waals surface area contributed by atoms with Gasteiger partial charge in [-0.3, -0.25) is 14.2 Å². The van der Waals surface area contributed by atoms with Gasteiger partial charge in [-0.1, -0.05) is 18.5 Å². The maximum atomic E-state index is 11.9. The third-order valence-corrected chi connectivity index (χ3v) is 3.13. The minimum Gasteiger partial charge on any atom is -0.356 e. The van der Waals surface area contributed by atoms with Crippen molar-refractivity contribution >= 4 is 17.5 Å². The molecule has 0 aliphatic heterocycles. The largest absolute Gasteiger partial charge is 0.356 e. The number of rotatable bonds is 7. The summed E-state index contributed by atoms with van der Waals surface area (Å²) in [5.41, 5.74) is 0. The van der Waals surface area contributed by atoms with Crippen LogP contribution in [0.25, 0.3) is 0 Å². The minimum atomic E-state index is -0.143. The van der Waals surface area contributed by atoms with Gasteiger partial charge in [0.2, 0.25) is 5.91 Å². The number of aromatic nitrogens is 4. The first-order valence-electron chi connectivity index (χ1n) is 6.58. The maximum Gasteiger partial charge on any atom is 0.224 e. The number of carbonyl (C=O) groups is 1. The lowest BCUT2D eigenvalue weighted by Gasteiger charge is -2.12. The molecule has 1 N–H and O–H groups in total. The lowest BCUT2D eigenvalue weighted by Crippen LogP contribution is -2.32. The molecule has 1 unspecified atom stereocenters. The van der Waals surface area contributed by atoms with Crippen LogP contribution in [0.1, 0.15) is 13.3 Å². The van der Waals surface area contributed by atoms with Crippen LogP contribution in [0.4, 0.5) is 0 Å². The van der Waals surface area contributed by atoms with Gasteiger partial charge in [0.1, 0.15) is 0 Å². The summed E-state index contributed by atoms with van der Waals surface area (Å²) in [6, 6.07) is 1.88. The molecule has 1 atom stereocenters. The van der Waals surface area contributed by atoms with Crippen LogP contribution in [0, 0.1) is 5.92 Å². The van der Waals surface area contributed by atoms with Crippen LogP contribution in [0.15, 0.2) is 30.9 Å². The second-order valence-corrected chi connectivity index (χ2v) is 5.13. The van der Waals surface area contributed by atoms with Gasteiger partial charge in [-0.25, -0.2) is 0 Å². The Morgan fingerprint density at radius 2 is 2.30 bits per heavy atom. The summed E-state index contributed by atoms with van der Waals surface area (Å²) in [5.74, 6) is -0.118. The molecule has 0 radical (unpaired) electrons. The SMILES string of the molecule is CC(Cn1cc(Cl)cn1)C(=O)NCCCn1cccn1. The Kier molecular flexibility index (Phi) is 5.17. The summed E-state index contributed by atoms with van der Waals surface area (Å²) in [7, 11) is 0. The quantitative estimate of drug-likeness (QED) is 0.789. The zero-order valence-electron chi connectivity index (χ0n) is 11.4. The Bertz CT molecular complexity index is 537. The molecule has 108 valence electrons. The average molecular weight is 296 g/mol. The van der Waals surface area contributed by atoms with Crippen LogP contribution in [-0.2, 0) is 17.9 Å². The number of aryl methyl sites for hydroxylation is 1. The van der Waals surface area contributed by atoms with Gasteiger partial charge in [0.15, 0.2) is 0 Å². The summed E-state index contributed by atoms with van der Waals surface area (Å²) in [5, 5.41) is 11.7. The molecule has 0 aromatic carbocycles. The van der Waals surface area contributed by atoms with Crippen LogP contribution >= 0.6 is 11.6 Å². The molecule has 0 bridgehead atoms. The molecule has 0 saturated carbocycles. The van der Waals surface area contributed by atoms with Crippen molar-refractivity contribution in [2.45, 2.75) is 26.4 Å². The summed E-state index contributed by atoms with van der Waals surface area (Å²) < 4.78 is 3.53. The summed E-state index contributed by atoms with van der Waals surface area (Å²) in [6.45, 7) is 3.84. The molecule has 20 heavy (non-hydrogen) atoms. The van der Waals surface area contributed by atoms with E-state index in [0.717, 1.165) is 13.0 Å². The van der Waals surface area contributed by atoms with E-state index in [1.54, 1.807) is 23.3 Å². The highest BCUT2D eigenvalue weighted by molar-refractivity contribution is 6.30. The Hall–Kier alpha value is -1.82. The first-order valence-corrected chi connectivity index (χ1v) is 6.96. The van der Waals surface area contributed by atoms with Gasteiger partial charge in [-0.05, 0) is 12.5 Å². The van der Waals surface area contributed by atoms with Crippen molar-refractivity contribution in [3.8, 4) is 0 Å². The number of nitrogens with one attached hydrogen (secondary N) is 1. The molecule has 0 aliphatic carbocycles. The van der Waals surface area contributed by atoms with Gasteiger partial charge in [-0.2, -0.15) is 10.2 Å². The highest BCUT2D eigenvalue weighted by Crippen LogP contribution is 2.07. The standard InChI is InChI=1S/C13H18ClN5O/c1-11(9-19-10-12(14)8-17-19)13(20)15-4-2-6-18-7-3-5-16-18/h3,5,7-8,10-11H,2,4,6,9H2,1H3,(H,15,20). The molecule has 2 rings (SSSR count). The maximum absolute atomic E-state index is 11.9. The molecular formula is C13H18ClN5O. The van der Waals surface area contributed by atoms with Gasteiger partial charge >= 0.3 is 0 Å². The number of halogens is 1. The summed E-state index contributed by atoms with van der Waals surface area (Å²) in [4.78, 5) is 11.9. The normalized spacial score (nSPS) is 12.3. The zero-order valence-corrected chi connectivity index (χ0v) is 12.1. The second kappa shape index (κ2) is 7.09. The molecule has 6 nitrogen and oxygen atoms in total. The van der Waals surface area contributed by atoms with E-state index in [9.17, 15) is 4.79 Å². The highest BCUT2D eigenvalue weighted by Gasteiger charge is 2.13. The third kappa shape index (κ3) is 4.38. The summed E-state index contributed by atoms with van der Waals surface area (Å²) in [6.07, 6.45) is 7.79. The van der Waals surface area contributed by atoms with Crippen molar-refractivity contribution in [2.24, 2.45) is 5.92 Å². The predicted molar refractivity (Wildman–Crippen MR) is 76.3 cm³/mol. The van der Waals surface area contributed by atoms with Gasteiger partial charge in [0.25, 0.3) is 0 Å². The van der Waals surface area contributed by atoms with E-state index < -0.39 is 0 Å². The number of hydrogen-bond donors (Lipinski definition) is 1. The van der Waals surface area contributed by atoms with Crippen molar-refractivity contribution in [3.63, 3.8) is 0 Å².